The average molecular weight is 438 g/mol. The monoisotopic (exact) mass is 437 g/mol. The molecule has 0 aliphatic carbocycles. The van der Waals surface area contributed by atoms with E-state index < -0.39 is 11.4 Å². The number of phenols is 1. The zero-order chi connectivity index (χ0) is 21.0. The molecular formula is C23H13ClFNO3S. The molecular weight excluding hydrogens is 425 g/mol. The second-order valence-corrected chi connectivity index (χ2v) is 8.45. The van der Waals surface area contributed by atoms with Crippen LogP contribution in [-0.2, 0) is 0 Å². The fraction of sp³-hybridized carbons (Fsp3) is 0. The molecule has 5 rings (SSSR count). The molecule has 0 unspecified atom stereocenters. The van der Waals surface area contributed by atoms with Gasteiger partial charge < -0.3 is 15.2 Å². The minimum absolute atomic E-state index is 0.0125. The Balaban J connectivity index is 1.85. The minimum Gasteiger partial charge on any atom is -0.507 e. The Hall–Kier alpha value is -3.35. The number of aromatic amines is 1. The van der Waals surface area contributed by atoms with E-state index in [0.717, 1.165) is 16.7 Å². The van der Waals surface area contributed by atoms with Crippen molar-refractivity contribution in [1.82, 2.24) is 4.98 Å². The van der Waals surface area contributed by atoms with E-state index in [2.05, 4.69) is 4.98 Å². The summed E-state index contributed by atoms with van der Waals surface area (Å²) in [5.74, 6) is -0.689. The first-order valence-corrected chi connectivity index (χ1v) is 10.2. The number of aromatic hydroxyl groups is 2. The van der Waals surface area contributed by atoms with Crippen LogP contribution in [0.5, 0.6) is 11.5 Å². The van der Waals surface area contributed by atoms with Gasteiger partial charge in [-0.1, -0.05) is 54.1 Å². The van der Waals surface area contributed by atoms with Crippen molar-refractivity contribution in [1.29, 1.82) is 0 Å². The molecule has 4 nitrogen and oxygen atoms in total. The number of fused-ring (bicyclic) bond motifs is 2. The zero-order valence-corrected chi connectivity index (χ0v) is 16.8. The molecule has 0 saturated carbocycles. The van der Waals surface area contributed by atoms with Gasteiger partial charge in [0.15, 0.2) is 0 Å². The number of benzene rings is 3. The maximum Gasteiger partial charge on any atom is 0.260 e. The number of rotatable bonds is 2. The molecule has 0 spiro atoms. The van der Waals surface area contributed by atoms with Crippen molar-refractivity contribution in [3.8, 4) is 33.8 Å². The molecule has 3 aromatic carbocycles. The van der Waals surface area contributed by atoms with Crippen LogP contribution in [0.25, 0.3) is 43.2 Å². The van der Waals surface area contributed by atoms with Crippen LogP contribution < -0.4 is 5.56 Å². The first kappa shape index (κ1) is 18.7. The van der Waals surface area contributed by atoms with Crippen molar-refractivity contribution >= 4 is 43.9 Å². The number of nitrogens with one attached hydrogen (secondary N) is 1. The molecule has 148 valence electrons. The number of thiophene rings is 1. The lowest BCUT2D eigenvalue weighted by Crippen LogP contribution is -2.08. The lowest BCUT2D eigenvalue weighted by Gasteiger charge is -2.10. The van der Waals surface area contributed by atoms with Gasteiger partial charge >= 0.3 is 0 Å². The largest absolute Gasteiger partial charge is 0.507 e. The Labute approximate surface area is 178 Å². The first-order valence-electron chi connectivity index (χ1n) is 9.00. The van der Waals surface area contributed by atoms with Crippen LogP contribution in [0.1, 0.15) is 0 Å². The van der Waals surface area contributed by atoms with Crippen LogP contribution in [0.2, 0.25) is 4.34 Å². The predicted octanol–water partition coefficient (Wildman–Crippen LogP) is 6.28. The normalized spacial score (nSPS) is 11.4. The van der Waals surface area contributed by atoms with Crippen molar-refractivity contribution in [2.45, 2.75) is 0 Å². The van der Waals surface area contributed by atoms with E-state index in [1.165, 1.54) is 24.3 Å². The molecule has 0 fully saturated rings. The maximum atomic E-state index is 13.3. The number of halogens is 2. The molecule has 3 N–H and O–H groups in total. The fourth-order valence-corrected chi connectivity index (χ4v) is 5.06. The molecule has 5 aromatic rings. The Kier molecular flexibility index (Phi) is 4.27. The lowest BCUT2D eigenvalue weighted by atomic mass is 9.97. The van der Waals surface area contributed by atoms with Gasteiger partial charge in [-0.15, -0.1) is 11.3 Å². The summed E-state index contributed by atoms with van der Waals surface area (Å²) < 4.78 is 13.6. The summed E-state index contributed by atoms with van der Waals surface area (Å²) in [6.07, 6.45) is 0. The second-order valence-electron chi connectivity index (χ2n) is 6.82. The summed E-state index contributed by atoms with van der Waals surface area (Å²) in [5.41, 5.74) is 0.736. The number of hydrogen-bond donors (Lipinski definition) is 3. The van der Waals surface area contributed by atoms with Gasteiger partial charge in [0.05, 0.1) is 10.9 Å². The lowest BCUT2D eigenvalue weighted by molar-refractivity contribution is 0.482. The molecule has 0 aliphatic rings. The number of H-pyrrole nitrogens is 1. The predicted molar refractivity (Wildman–Crippen MR) is 119 cm³/mol. The summed E-state index contributed by atoms with van der Waals surface area (Å²) in [4.78, 5) is 15.8. The highest BCUT2D eigenvalue weighted by Crippen LogP contribution is 2.49. The molecule has 0 saturated heterocycles. The standard InChI is InChI=1S/C23H13ClFNO3S/c24-21-17(15-10-7-11-3-1-2-4-14(11)19(15)27)18-20(28)16(22(29)26-23(18)30-21)12-5-8-13(25)9-6-12/h1-10,27H,(H2,26,28,29). The highest BCUT2D eigenvalue weighted by Gasteiger charge is 2.24. The van der Waals surface area contributed by atoms with Gasteiger partial charge in [-0.3, -0.25) is 4.79 Å². The Morgan fingerprint density at radius 2 is 1.63 bits per heavy atom. The Bertz CT molecular complexity index is 1510. The van der Waals surface area contributed by atoms with Crippen molar-refractivity contribution in [2.75, 3.05) is 0 Å². The van der Waals surface area contributed by atoms with Crippen LogP contribution in [0.3, 0.4) is 0 Å². The molecule has 0 amide bonds. The van der Waals surface area contributed by atoms with E-state index in [0.29, 0.717) is 36.6 Å². The molecule has 0 atom stereocenters. The quantitative estimate of drug-likeness (QED) is 0.304. The third kappa shape index (κ3) is 2.76. The van der Waals surface area contributed by atoms with Crippen LogP contribution in [0, 0.1) is 5.82 Å². The van der Waals surface area contributed by atoms with Gasteiger partial charge in [-0.05, 0) is 29.1 Å². The van der Waals surface area contributed by atoms with E-state index in [1.54, 1.807) is 12.1 Å². The van der Waals surface area contributed by atoms with E-state index >= 15 is 0 Å². The smallest absolute Gasteiger partial charge is 0.260 e. The fourth-order valence-electron chi connectivity index (χ4n) is 3.70. The van der Waals surface area contributed by atoms with Crippen molar-refractivity contribution in [3.63, 3.8) is 0 Å². The third-order valence-corrected chi connectivity index (χ3v) is 6.41. The van der Waals surface area contributed by atoms with Gasteiger partial charge in [0.25, 0.3) is 5.56 Å². The van der Waals surface area contributed by atoms with E-state index in [9.17, 15) is 19.4 Å². The summed E-state index contributed by atoms with van der Waals surface area (Å²) in [6.45, 7) is 0. The van der Waals surface area contributed by atoms with Crippen LogP contribution >= 0.6 is 22.9 Å². The number of phenolic OH excluding ortho intramolecular Hbond substituents is 1. The van der Waals surface area contributed by atoms with Crippen LogP contribution in [-0.4, -0.2) is 15.2 Å². The molecule has 0 bridgehead atoms. The molecule has 0 aliphatic heterocycles. The summed E-state index contributed by atoms with van der Waals surface area (Å²) >= 11 is 7.59. The first-order chi connectivity index (χ1) is 14.5. The maximum absolute atomic E-state index is 13.3. The summed E-state index contributed by atoms with van der Waals surface area (Å²) in [5, 5.41) is 23.8. The van der Waals surface area contributed by atoms with E-state index in [1.807, 2.05) is 24.3 Å². The number of hydrogen-bond acceptors (Lipinski definition) is 4. The van der Waals surface area contributed by atoms with Gasteiger partial charge in [-0.2, -0.15) is 0 Å². The van der Waals surface area contributed by atoms with Crippen molar-refractivity contribution in [2.24, 2.45) is 0 Å². The number of pyridine rings is 1. The minimum atomic E-state index is -0.515. The Morgan fingerprint density at radius 3 is 2.40 bits per heavy atom. The molecule has 0 radical (unpaired) electrons. The van der Waals surface area contributed by atoms with E-state index in [-0.39, 0.29) is 17.1 Å². The summed E-state index contributed by atoms with van der Waals surface area (Å²) in [7, 11) is 0. The van der Waals surface area contributed by atoms with Crippen molar-refractivity contribution in [3.05, 3.63) is 81.2 Å². The highest BCUT2D eigenvalue weighted by molar-refractivity contribution is 7.23. The van der Waals surface area contributed by atoms with Gasteiger partial charge in [-0.25, -0.2) is 4.39 Å². The van der Waals surface area contributed by atoms with Crippen molar-refractivity contribution < 1.29 is 14.6 Å². The van der Waals surface area contributed by atoms with Gasteiger partial charge in [0, 0.05) is 16.5 Å². The molecule has 2 heterocycles. The topological polar surface area (TPSA) is 73.3 Å². The third-order valence-electron chi connectivity index (χ3n) is 5.10. The molecule has 2 aromatic heterocycles. The van der Waals surface area contributed by atoms with Gasteiger partial charge in [0.1, 0.15) is 26.5 Å². The number of aromatic nitrogens is 1. The van der Waals surface area contributed by atoms with Crippen LogP contribution in [0.15, 0.2) is 65.5 Å². The zero-order valence-electron chi connectivity index (χ0n) is 15.2. The average Bonchev–Trinajstić information content (AvgIpc) is 3.05. The summed E-state index contributed by atoms with van der Waals surface area (Å²) in [6, 6.07) is 16.2. The van der Waals surface area contributed by atoms with Gasteiger partial charge in [0.2, 0.25) is 0 Å². The highest BCUT2D eigenvalue weighted by atomic mass is 35.5. The SMILES string of the molecule is O=c1[nH]c2sc(Cl)c(-c3ccc4ccccc4c3O)c2c(O)c1-c1ccc(F)cc1. The molecule has 7 heteroatoms. The van der Waals surface area contributed by atoms with Crippen LogP contribution in [0.4, 0.5) is 4.39 Å². The second kappa shape index (κ2) is 6.86. The molecule has 30 heavy (non-hydrogen) atoms. The Morgan fingerprint density at radius 1 is 0.900 bits per heavy atom. The van der Waals surface area contributed by atoms with E-state index in [4.69, 9.17) is 11.6 Å².